The van der Waals surface area contributed by atoms with Gasteiger partial charge in [-0.1, -0.05) is 6.42 Å². The molecular formula is C14H16N2O3. The molecule has 0 spiro atoms. The lowest BCUT2D eigenvalue weighted by molar-refractivity contribution is -0.133. The van der Waals surface area contributed by atoms with Gasteiger partial charge in [0.2, 0.25) is 5.91 Å². The second kappa shape index (κ2) is 4.35. The predicted molar refractivity (Wildman–Crippen MR) is 70.7 cm³/mol. The maximum Gasteiger partial charge on any atom is 0.232 e. The van der Waals surface area contributed by atoms with Gasteiger partial charge in [-0.05, 0) is 25.0 Å². The van der Waals surface area contributed by atoms with Crippen LogP contribution in [0, 0.1) is 12.3 Å². The Bertz CT molecular complexity index is 623. The largest absolute Gasteiger partial charge is 0.441 e. The minimum absolute atomic E-state index is 0.0947. The summed E-state index contributed by atoms with van der Waals surface area (Å²) in [5.41, 5.74) is 1.51. The summed E-state index contributed by atoms with van der Waals surface area (Å²) in [6, 6.07) is 5.37. The molecule has 1 amide bonds. The van der Waals surface area contributed by atoms with Crippen LogP contribution in [-0.4, -0.2) is 22.6 Å². The number of anilines is 1. The number of nitrogens with zero attached hydrogens (tertiary/aromatic N) is 1. The molecule has 1 aliphatic rings. The van der Waals surface area contributed by atoms with Crippen molar-refractivity contribution in [3.8, 4) is 0 Å². The summed E-state index contributed by atoms with van der Waals surface area (Å²) in [7, 11) is 0. The van der Waals surface area contributed by atoms with Crippen molar-refractivity contribution in [3.63, 3.8) is 0 Å². The average Bonchev–Trinajstić information content (AvgIpc) is 2.67. The van der Waals surface area contributed by atoms with Crippen molar-refractivity contribution in [1.29, 1.82) is 0 Å². The smallest absolute Gasteiger partial charge is 0.232 e. The first-order chi connectivity index (χ1) is 9.13. The monoisotopic (exact) mass is 260 g/mol. The number of fused-ring (bicyclic) bond motifs is 1. The van der Waals surface area contributed by atoms with Crippen molar-refractivity contribution in [1.82, 2.24) is 4.98 Å². The second-order valence-electron chi connectivity index (χ2n) is 5.16. The van der Waals surface area contributed by atoms with Crippen molar-refractivity contribution in [2.24, 2.45) is 5.41 Å². The van der Waals surface area contributed by atoms with E-state index in [2.05, 4.69) is 10.3 Å². The number of aliphatic hydroxyl groups is 1. The fourth-order valence-electron chi connectivity index (χ4n) is 2.44. The molecule has 0 aliphatic heterocycles. The first kappa shape index (κ1) is 12.2. The Morgan fingerprint density at radius 1 is 1.53 bits per heavy atom. The Balaban J connectivity index is 1.82. The quantitative estimate of drug-likeness (QED) is 0.887. The highest BCUT2D eigenvalue weighted by molar-refractivity contribution is 5.97. The molecule has 1 aromatic carbocycles. The summed E-state index contributed by atoms with van der Waals surface area (Å²) in [5, 5.41) is 12.2. The van der Waals surface area contributed by atoms with Gasteiger partial charge in [0.15, 0.2) is 11.5 Å². The van der Waals surface area contributed by atoms with E-state index in [1.807, 2.05) is 6.07 Å². The second-order valence-corrected chi connectivity index (χ2v) is 5.16. The van der Waals surface area contributed by atoms with E-state index in [0.717, 1.165) is 24.8 Å². The molecule has 1 aliphatic carbocycles. The van der Waals surface area contributed by atoms with E-state index in [4.69, 9.17) is 4.42 Å². The lowest BCUT2D eigenvalue weighted by Crippen LogP contribution is -2.44. The Labute approximate surface area is 110 Å². The zero-order valence-electron chi connectivity index (χ0n) is 10.8. The number of oxazole rings is 1. The van der Waals surface area contributed by atoms with Crippen LogP contribution in [0.1, 0.15) is 25.2 Å². The van der Waals surface area contributed by atoms with Crippen molar-refractivity contribution < 1.29 is 14.3 Å². The lowest BCUT2D eigenvalue weighted by Gasteiger charge is -2.38. The van der Waals surface area contributed by atoms with Crippen LogP contribution in [0.5, 0.6) is 0 Å². The molecule has 2 N–H and O–H groups in total. The predicted octanol–water partition coefficient (Wildman–Crippen LogP) is 2.24. The van der Waals surface area contributed by atoms with E-state index >= 15 is 0 Å². The van der Waals surface area contributed by atoms with Gasteiger partial charge in [-0.2, -0.15) is 0 Å². The molecular weight excluding hydrogens is 244 g/mol. The zero-order valence-corrected chi connectivity index (χ0v) is 10.8. The van der Waals surface area contributed by atoms with Gasteiger partial charge in [-0.25, -0.2) is 4.98 Å². The molecule has 5 nitrogen and oxygen atoms in total. The molecule has 1 fully saturated rings. The number of aliphatic hydroxyl groups excluding tert-OH is 1. The molecule has 0 unspecified atom stereocenters. The van der Waals surface area contributed by atoms with Crippen LogP contribution in [0.25, 0.3) is 11.1 Å². The maximum atomic E-state index is 12.2. The number of carbonyl (C=O) groups is 1. The minimum atomic E-state index is -0.591. The number of benzene rings is 1. The van der Waals surface area contributed by atoms with Crippen LogP contribution >= 0.6 is 0 Å². The van der Waals surface area contributed by atoms with Gasteiger partial charge in [-0.3, -0.25) is 4.79 Å². The first-order valence-corrected chi connectivity index (χ1v) is 6.42. The molecule has 3 rings (SSSR count). The highest BCUT2D eigenvalue weighted by atomic mass is 16.3. The Kier molecular flexibility index (Phi) is 2.78. The van der Waals surface area contributed by atoms with E-state index in [-0.39, 0.29) is 12.5 Å². The van der Waals surface area contributed by atoms with E-state index in [9.17, 15) is 9.90 Å². The van der Waals surface area contributed by atoms with Crippen LogP contribution in [0.3, 0.4) is 0 Å². The van der Waals surface area contributed by atoms with Crippen molar-refractivity contribution in [3.05, 3.63) is 24.1 Å². The summed E-state index contributed by atoms with van der Waals surface area (Å²) in [6.07, 6.45) is 2.49. The van der Waals surface area contributed by atoms with Crippen LogP contribution in [-0.2, 0) is 4.79 Å². The third-order valence-electron chi connectivity index (χ3n) is 3.85. The van der Waals surface area contributed by atoms with Crippen molar-refractivity contribution >= 4 is 22.7 Å². The molecule has 100 valence electrons. The SMILES string of the molecule is Cc1nc2ccc(NC(=O)C3(CO)CCC3)cc2o1. The summed E-state index contributed by atoms with van der Waals surface area (Å²) in [4.78, 5) is 16.4. The molecule has 2 aromatic rings. The standard InChI is InChI=1S/C14H16N2O3/c1-9-15-11-4-3-10(7-12(11)19-9)16-13(18)14(8-17)5-2-6-14/h3-4,7,17H,2,5-6,8H2,1H3,(H,16,18). The number of rotatable bonds is 3. The van der Waals surface area contributed by atoms with E-state index in [0.29, 0.717) is 17.2 Å². The summed E-state index contributed by atoms with van der Waals surface area (Å²) >= 11 is 0. The lowest BCUT2D eigenvalue weighted by atomic mass is 9.68. The third-order valence-corrected chi connectivity index (χ3v) is 3.85. The highest BCUT2D eigenvalue weighted by Crippen LogP contribution is 2.41. The number of aromatic nitrogens is 1. The van der Waals surface area contributed by atoms with E-state index < -0.39 is 5.41 Å². The molecule has 0 radical (unpaired) electrons. The first-order valence-electron chi connectivity index (χ1n) is 6.42. The number of aryl methyl sites for hydroxylation is 1. The minimum Gasteiger partial charge on any atom is -0.441 e. The van der Waals surface area contributed by atoms with Gasteiger partial charge in [0, 0.05) is 18.7 Å². The normalized spacial score (nSPS) is 17.2. The van der Waals surface area contributed by atoms with Gasteiger partial charge >= 0.3 is 0 Å². The summed E-state index contributed by atoms with van der Waals surface area (Å²) in [6.45, 7) is 1.69. The van der Waals surface area contributed by atoms with Crippen LogP contribution in [0.4, 0.5) is 5.69 Å². The van der Waals surface area contributed by atoms with E-state index in [1.54, 1.807) is 19.1 Å². The fraction of sp³-hybridized carbons (Fsp3) is 0.429. The van der Waals surface area contributed by atoms with Gasteiger partial charge in [0.05, 0.1) is 12.0 Å². The molecule has 0 saturated heterocycles. The Hall–Kier alpha value is -1.88. The van der Waals surface area contributed by atoms with Gasteiger partial charge in [-0.15, -0.1) is 0 Å². The Morgan fingerprint density at radius 3 is 2.95 bits per heavy atom. The maximum absolute atomic E-state index is 12.2. The Morgan fingerprint density at radius 2 is 2.32 bits per heavy atom. The number of amides is 1. The average molecular weight is 260 g/mol. The van der Waals surface area contributed by atoms with E-state index in [1.165, 1.54) is 0 Å². The topological polar surface area (TPSA) is 75.4 Å². The van der Waals surface area contributed by atoms with Gasteiger partial charge in [0.25, 0.3) is 0 Å². The highest BCUT2D eigenvalue weighted by Gasteiger charge is 2.43. The van der Waals surface area contributed by atoms with Crippen LogP contribution < -0.4 is 5.32 Å². The molecule has 1 heterocycles. The third kappa shape index (κ3) is 2.00. The number of nitrogens with one attached hydrogen (secondary N) is 1. The molecule has 0 atom stereocenters. The fourth-order valence-corrected chi connectivity index (χ4v) is 2.44. The molecule has 1 aromatic heterocycles. The number of hydrogen-bond acceptors (Lipinski definition) is 4. The van der Waals surface area contributed by atoms with Gasteiger partial charge in [0.1, 0.15) is 5.52 Å². The van der Waals surface area contributed by atoms with Crippen molar-refractivity contribution in [2.45, 2.75) is 26.2 Å². The van der Waals surface area contributed by atoms with Gasteiger partial charge < -0.3 is 14.8 Å². The molecule has 1 saturated carbocycles. The number of carbonyl (C=O) groups excluding carboxylic acids is 1. The van der Waals surface area contributed by atoms with Crippen LogP contribution in [0.15, 0.2) is 22.6 Å². The zero-order chi connectivity index (χ0) is 13.5. The molecule has 0 bridgehead atoms. The molecule has 19 heavy (non-hydrogen) atoms. The van der Waals surface area contributed by atoms with Crippen LogP contribution in [0.2, 0.25) is 0 Å². The number of hydrogen-bond donors (Lipinski definition) is 2. The summed E-state index contributed by atoms with van der Waals surface area (Å²) in [5.74, 6) is 0.487. The summed E-state index contributed by atoms with van der Waals surface area (Å²) < 4.78 is 5.43. The van der Waals surface area contributed by atoms with Crippen molar-refractivity contribution in [2.75, 3.05) is 11.9 Å². The molecule has 5 heteroatoms.